The lowest BCUT2D eigenvalue weighted by atomic mass is 10.1. The van der Waals surface area contributed by atoms with Crippen molar-refractivity contribution < 1.29 is 8.78 Å². The van der Waals surface area contributed by atoms with Gasteiger partial charge in [0.15, 0.2) is 11.6 Å². The lowest BCUT2D eigenvalue weighted by Crippen LogP contribution is -2.33. The molecule has 12 heteroatoms. The van der Waals surface area contributed by atoms with E-state index in [1.165, 1.54) is 10.6 Å². The van der Waals surface area contributed by atoms with Gasteiger partial charge in [-0.2, -0.15) is 5.10 Å². The molecule has 176 valence electrons. The van der Waals surface area contributed by atoms with Gasteiger partial charge in [-0.1, -0.05) is 11.3 Å². The van der Waals surface area contributed by atoms with Gasteiger partial charge in [-0.3, -0.25) is 19.2 Å². The third kappa shape index (κ3) is 3.88. The molecule has 0 unspecified atom stereocenters. The van der Waals surface area contributed by atoms with Crippen molar-refractivity contribution >= 4 is 33.3 Å². The van der Waals surface area contributed by atoms with E-state index in [1.807, 2.05) is 17.8 Å². The Bertz CT molecular complexity index is 1540. The van der Waals surface area contributed by atoms with Crippen molar-refractivity contribution in [3.63, 3.8) is 0 Å². The van der Waals surface area contributed by atoms with Crippen molar-refractivity contribution in [3.05, 3.63) is 61.6 Å². The van der Waals surface area contributed by atoms with Crippen LogP contribution < -0.4 is 15.6 Å². The van der Waals surface area contributed by atoms with Gasteiger partial charge in [0.05, 0.1) is 28.7 Å². The zero-order valence-electron chi connectivity index (χ0n) is 18.7. The van der Waals surface area contributed by atoms with E-state index < -0.39 is 28.0 Å². The molecule has 1 N–H and O–H groups in total. The molecule has 0 spiro atoms. The third-order valence-corrected chi connectivity index (χ3v) is 6.60. The highest BCUT2D eigenvalue weighted by molar-refractivity contribution is 7.16. The standard InChI is InChI=1S/C22H21F2N7O2S/c1-11(2)31-16-7-12(6-14(23)19(16)34-21(33)20(31)32)18-15(24)9-25-22(27-18)26-17-8-13-10-29(3)4-5-30(13)28-17/h6-9,11H,4-5,10H2,1-3H3,(H,25,26,27,28). The molecule has 1 aromatic carbocycles. The molecule has 1 aliphatic heterocycles. The summed E-state index contributed by atoms with van der Waals surface area (Å²) in [7, 11) is 2.03. The van der Waals surface area contributed by atoms with Crippen LogP contribution in [0.25, 0.3) is 21.5 Å². The summed E-state index contributed by atoms with van der Waals surface area (Å²) >= 11 is 0.536. The number of benzene rings is 1. The molecule has 0 amide bonds. The number of hydrogen-bond donors (Lipinski definition) is 1. The van der Waals surface area contributed by atoms with Crippen molar-refractivity contribution in [2.45, 2.75) is 33.0 Å². The molecule has 0 radical (unpaired) electrons. The van der Waals surface area contributed by atoms with E-state index in [-0.39, 0.29) is 27.4 Å². The van der Waals surface area contributed by atoms with E-state index >= 15 is 0 Å². The highest BCUT2D eigenvalue weighted by Gasteiger charge is 2.20. The van der Waals surface area contributed by atoms with Gasteiger partial charge in [0.1, 0.15) is 11.5 Å². The average Bonchev–Trinajstić information content (AvgIpc) is 3.17. The lowest BCUT2D eigenvalue weighted by Gasteiger charge is -2.22. The summed E-state index contributed by atoms with van der Waals surface area (Å²) in [6, 6.07) is 4.05. The van der Waals surface area contributed by atoms with E-state index in [1.54, 1.807) is 13.8 Å². The molecule has 4 aromatic rings. The van der Waals surface area contributed by atoms with Crippen LogP contribution in [0, 0.1) is 11.6 Å². The number of rotatable bonds is 4. The van der Waals surface area contributed by atoms with Gasteiger partial charge in [0.25, 0.3) is 4.74 Å². The summed E-state index contributed by atoms with van der Waals surface area (Å²) in [4.78, 5) is 34.9. The maximum Gasteiger partial charge on any atom is 0.309 e. The van der Waals surface area contributed by atoms with Crippen molar-refractivity contribution in [2.24, 2.45) is 0 Å². The molecule has 3 aromatic heterocycles. The molecular weight excluding hydrogens is 464 g/mol. The van der Waals surface area contributed by atoms with E-state index in [2.05, 4.69) is 25.3 Å². The fraction of sp³-hybridized carbons (Fsp3) is 0.318. The molecule has 0 fully saturated rings. The number of halogens is 2. The predicted octanol–water partition coefficient (Wildman–Crippen LogP) is 3.12. The summed E-state index contributed by atoms with van der Waals surface area (Å²) in [6.07, 6.45) is 0.995. The quantitative estimate of drug-likeness (QED) is 0.444. The Morgan fingerprint density at radius 2 is 1.91 bits per heavy atom. The highest BCUT2D eigenvalue weighted by Crippen LogP contribution is 2.30. The first-order valence-electron chi connectivity index (χ1n) is 10.7. The van der Waals surface area contributed by atoms with Crippen LogP contribution in [0.5, 0.6) is 0 Å². The minimum Gasteiger partial charge on any atom is -0.307 e. The lowest BCUT2D eigenvalue weighted by molar-refractivity contribution is 0.259. The van der Waals surface area contributed by atoms with Gasteiger partial charge < -0.3 is 9.88 Å². The normalized spacial score (nSPS) is 14.1. The molecule has 0 atom stereocenters. The predicted molar refractivity (Wildman–Crippen MR) is 126 cm³/mol. The van der Waals surface area contributed by atoms with Crippen LogP contribution in [0.2, 0.25) is 0 Å². The Hall–Kier alpha value is -3.51. The maximum absolute atomic E-state index is 15.0. The second-order valence-electron chi connectivity index (χ2n) is 8.46. The molecule has 9 nitrogen and oxygen atoms in total. The first kappa shape index (κ1) is 22.3. The fourth-order valence-corrected chi connectivity index (χ4v) is 4.84. The van der Waals surface area contributed by atoms with Crippen molar-refractivity contribution in [1.29, 1.82) is 0 Å². The van der Waals surface area contributed by atoms with Gasteiger partial charge in [0, 0.05) is 30.8 Å². The Kier molecular flexibility index (Phi) is 5.48. The van der Waals surface area contributed by atoms with Crippen molar-refractivity contribution in [1.82, 2.24) is 29.2 Å². The van der Waals surface area contributed by atoms with Gasteiger partial charge in [-0.05, 0) is 33.0 Å². The summed E-state index contributed by atoms with van der Waals surface area (Å²) in [5, 5.41) is 7.47. The van der Waals surface area contributed by atoms with Gasteiger partial charge in [0.2, 0.25) is 5.95 Å². The molecule has 34 heavy (non-hydrogen) atoms. The molecule has 1 aliphatic rings. The second-order valence-corrected chi connectivity index (χ2v) is 9.44. The summed E-state index contributed by atoms with van der Waals surface area (Å²) in [5.74, 6) is -0.870. The molecule has 0 aliphatic carbocycles. The Labute approximate surface area is 196 Å². The van der Waals surface area contributed by atoms with Crippen LogP contribution in [-0.4, -0.2) is 42.8 Å². The van der Waals surface area contributed by atoms with Crippen LogP contribution in [0.1, 0.15) is 25.6 Å². The topological polar surface area (TPSA) is 97.9 Å². The van der Waals surface area contributed by atoms with Crippen molar-refractivity contribution in [3.8, 4) is 11.3 Å². The average molecular weight is 486 g/mol. The van der Waals surface area contributed by atoms with E-state index in [4.69, 9.17) is 0 Å². The van der Waals surface area contributed by atoms with Crippen LogP contribution in [0.3, 0.4) is 0 Å². The third-order valence-electron chi connectivity index (χ3n) is 5.63. The fourth-order valence-electron chi connectivity index (χ4n) is 4.06. The SMILES string of the molecule is CC(C)n1c(=O)c(=O)sc2c(F)cc(-c3nc(Nc4cc5n(n4)CCN(C)C5)ncc3F)cc21. The zero-order valence-corrected chi connectivity index (χ0v) is 19.5. The summed E-state index contributed by atoms with van der Waals surface area (Å²) in [6.45, 7) is 5.82. The molecule has 0 saturated carbocycles. The zero-order chi connectivity index (χ0) is 24.1. The highest BCUT2D eigenvalue weighted by atomic mass is 32.1. The molecule has 4 heterocycles. The van der Waals surface area contributed by atoms with Crippen LogP contribution in [0.15, 0.2) is 34.0 Å². The van der Waals surface area contributed by atoms with Crippen LogP contribution in [0.4, 0.5) is 20.5 Å². The Balaban J connectivity index is 1.58. The molecule has 0 saturated heterocycles. The Morgan fingerprint density at radius 3 is 2.68 bits per heavy atom. The number of nitrogens with one attached hydrogen (secondary N) is 1. The van der Waals surface area contributed by atoms with Gasteiger partial charge >= 0.3 is 5.56 Å². The van der Waals surface area contributed by atoms with Gasteiger partial charge in [-0.25, -0.2) is 18.7 Å². The van der Waals surface area contributed by atoms with E-state index in [0.717, 1.165) is 37.6 Å². The van der Waals surface area contributed by atoms with Crippen LogP contribution in [-0.2, 0) is 13.1 Å². The minimum atomic E-state index is -0.762. The molecular formula is C22H21F2N7O2S. The monoisotopic (exact) mass is 485 g/mol. The number of nitrogens with zero attached hydrogens (tertiary/aromatic N) is 6. The first-order chi connectivity index (χ1) is 16.2. The molecule has 5 rings (SSSR count). The minimum absolute atomic E-state index is 0.0309. The first-order valence-corrected chi connectivity index (χ1v) is 11.5. The molecule has 0 bridgehead atoms. The second kappa shape index (κ2) is 8.37. The van der Waals surface area contributed by atoms with E-state index in [0.29, 0.717) is 17.2 Å². The number of aromatic nitrogens is 5. The Morgan fingerprint density at radius 1 is 1.12 bits per heavy atom. The van der Waals surface area contributed by atoms with Gasteiger partial charge in [-0.15, -0.1) is 0 Å². The van der Waals surface area contributed by atoms with E-state index in [9.17, 15) is 18.4 Å². The number of fused-ring (bicyclic) bond motifs is 2. The summed E-state index contributed by atoms with van der Waals surface area (Å²) < 4.78 is 32.1. The largest absolute Gasteiger partial charge is 0.309 e. The number of anilines is 2. The number of hydrogen-bond acceptors (Lipinski definition) is 8. The van der Waals surface area contributed by atoms with Crippen LogP contribution >= 0.6 is 11.3 Å². The number of likely N-dealkylation sites (N-methyl/N-ethyl adjacent to an activating group) is 1. The van der Waals surface area contributed by atoms with Crippen molar-refractivity contribution in [2.75, 3.05) is 18.9 Å². The maximum atomic E-state index is 15.0. The summed E-state index contributed by atoms with van der Waals surface area (Å²) in [5.41, 5.74) is 0.474. The smallest absolute Gasteiger partial charge is 0.307 e.